The smallest absolute Gasteiger partial charge is 0.161 e. The Morgan fingerprint density at radius 1 is 1.00 bits per heavy atom. The summed E-state index contributed by atoms with van der Waals surface area (Å²) in [7, 11) is 3.30. The molecule has 0 aliphatic rings. The Balaban J connectivity index is 1.72. The highest BCUT2D eigenvalue weighted by Crippen LogP contribution is 2.33. The van der Waals surface area contributed by atoms with Crippen molar-refractivity contribution in [3.05, 3.63) is 65.2 Å². The maximum atomic E-state index is 5.41. The average Bonchev–Trinajstić information content (AvgIpc) is 3.17. The summed E-state index contributed by atoms with van der Waals surface area (Å²) in [5.74, 6) is 2.01. The Morgan fingerprint density at radius 3 is 2.41 bits per heavy atom. The first-order valence-corrected chi connectivity index (χ1v) is 10.1. The van der Waals surface area contributed by atoms with Gasteiger partial charge in [0.25, 0.3) is 0 Å². The zero-order valence-corrected chi connectivity index (χ0v) is 17.1. The number of benzene rings is 2. The van der Waals surface area contributed by atoms with Crippen molar-refractivity contribution in [3.8, 4) is 22.1 Å². The second-order valence-corrected chi connectivity index (χ2v) is 7.69. The number of ether oxygens (including phenoxy) is 2. The highest BCUT2D eigenvalue weighted by molar-refractivity contribution is 7.13. The van der Waals surface area contributed by atoms with Crippen LogP contribution in [0.3, 0.4) is 0 Å². The monoisotopic (exact) mass is 383 g/mol. The number of quaternary nitrogens is 1. The van der Waals surface area contributed by atoms with Gasteiger partial charge in [0, 0.05) is 22.4 Å². The number of thiazole rings is 1. The van der Waals surface area contributed by atoms with E-state index in [9.17, 15) is 0 Å². The fourth-order valence-corrected chi connectivity index (χ4v) is 4.05. The van der Waals surface area contributed by atoms with Crippen molar-refractivity contribution in [1.82, 2.24) is 4.98 Å². The molecule has 5 heteroatoms. The van der Waals surface area contributed by atoms with Crippen molar-refractivity contribution in [2.45, 2.75) is 26.4 Å². The standard InChI is InChI=1S/C22H26N2O2S/c1-15(2)21(16-8-6-5-7-9-16)23-13-18-14-27-22(24-18)17-10-11-19(25-3)20(12-17)26-4/h5-12,14-15,21,23H,13H2,1-4H3/p+1/t21-/m0/s1. The summed E-state index contributed by atoms with van der Waals surface area (Å²) in [5, 5.41) is 5.53. The first-order chi connectivity index (χ1) is 13.1. The first-order valence-electron chi connectivity index (χ1n) is 9.17. The number of aromatic nitrogens is 1. The highest BCUT2D eigenvalue weighted by atomic mass is 32.1. The molecule has 3 aromatic rings. The van der Waals surface area contributed by atoms with E-state index < -0.39 is 0 Å². The van der Waals surface area contributed by atoms with Gasteiger partial charge in [-0.3, -0.25) is 0 Å². The molecular weight excluding hydrogens is 356 g/mol. The molecule has 0 spiro atoms. The largest absolute Gasteiger partial charge is 0.493 e. The van der Waals surface area contributed by atoms with E-state index in [1.165, 1.54) is 5.56 Å². The molecule has 3 rings (SSSR count). The van der Waals surface area contributed by atoms with Gasteiger partial charge in [-0.05, 0) is 18.2 Å². The summed E-state index contributed by atoms with van der Waals surface area (Å²) in [6, 6.07) is 17.0. The van der Waals surface area contributed by atoms with Gasteiger partial charge in [0.15, 0.2) is 11.5 Å². The molecule has 2 N–H and O–H groups in total. The Hall–Kier alpha value is -2.37. The van der Waals surface area contributed by atoms with Gasteiger partial charge in [0.2, 0.25) is 0 Å². The van der Waals surface area contributed by atoms with Crippen molar-refractivity contribution in [2.75, 3.05) is 14.2 Å². The van der Waals surface area contributed by atoms with Crippen LogP contribution in [0.4, 0.5) is 0 Å². The van der Waals surface area contributed by atoms with Crippen molar-refractivity contribution in [2.24, 2.45) is 5.92 Å². The van der Waals surface area contributed by atoms with Gasteiger partial charge in [-0.1, -0.05) is 44.2 Å². The molecule has 0 aliphatic carbocycles. The van der Waals surface area contributed by atoms with Crippen molar-refractivity contribution in [3.63, 3.8) is 0 Å². The second kappa shape index (κ2) is 9.02. The lowest BCUT2D eigenvalue weighted by atomic mass is 9.96. The van der Waals surface area contributed by atoms with E-state index in [1.807, 2.05) is 18.2 Å². The summed E-state index contributed by atoms with van der Waals surface area (Å²) in [4.78, 5) is 4.83. The molecule has 1 heterocycles. The maximum Gasteiger partial charge on any atom is 0.161 e. The molecule has 0 unspecified atom stereocenters. The van der Waals surface area contributed by atoms with Crippen LogP contribution in [0.5, 0.6) is 11.5 Å². The zero-order valence-electron chi connectivity index (χ0n) is 16.3. The molecule has 0 saturated heterocycles. The molecule has 0 bridgehead atoms. The van der Waals surface area contributed by atoms with Gasteiger partial charge in [0.1, 0.15) is 23.3 Å². The van der Waals surface area contributed by atoms with Crippen LogP contribution in [-0.2, 0) is 6.54 Å². The Morgan fingerprint density at radius 2 is 1.74 bits per heavy atom. The van der Waals surface area contributed by atoms with Crippen LogP contribution in [0, 0.1) is 5.92 Å². The molecule has 0 fully saturated rings. The SMILES string of the molecule is COc1ccc(-c2nc(C[NH2+][C@H](c3ccccc3)C(C)C)cs2)cc1OC. The van der Waals surface area contributed by atoms with Crippen molar-refractivity contribution < 1.29 is 14.8 Å². The summed E-state index contributed by atoms with van der Waals surface area (Å²) in [5.41, 5.74) is 3.52. The third-order valence-electron chi connectivity index (χ3n) is 4.67. The van der Waals surface area contributed by atoms with E-state index in [-0.39, 0.29) is 0 Å². The number of hydrogen-bond donors (Lipinski definition) is 1. The molecule has 4 nitrogen and oxygen atoms in total. The number of methoxy groups -OCH3 is 2. The minimum absolute atomic E-state index is 0.428. The molecule has 27 heavy (non-hydrogen) atoms. The lowest BCUT2D eigenvalue weighted by molar-refractivity contribution is -0.717. The maximum absolute atomic E-state index is 5.41. The van der Waals surface area contributed by atoms with E-state index in [0.717, 1.165) is 34.3 Å². The zero-order chi connectivity index (χ0) is 19.2. The quantitative estimate of drug-likeness (QED) is 0.631. The number of nitrogens with zero attached hydrogens (tertiary/aromatic N) is 1. The second-order valence-electron chi connectivity index (χ2n) is 6.83. The lowest BCUT2D eigenvalue weighted by Gasteiger charge is -2.19. The minimum atomic E-state index is 0.428. The van der Waals surface area contributed by atoms with Gasteiger partial charge in [-0.25, -0.2) is 4.98 Å². The van der Waals surface area contributed by atoms with E-state index in [4.69, 9.17) is 14.5 Å². The number of rotatable bonds is 8. The average molecular weight is 384 g/mol. The Labute approximate surface area is 165 Å². The summed E-state index contributed by atoms with van der Waals surface area (Å²) in [6.45, 7) is 5.40. The van der Waals surface area contributed by atoms with E-state index in [2.05, 4.69) is 54.9 Å². The number of hydrogen-bond acceptors (Lipinski definition) is 4. The molecule has 1 aromatic heterocycles. The van der Waals surface area contributed by atoms with Gasteiger partial charge in [-0.2, -0.15) is 0 Å². The number of nitrogens with two attached hydrogens (primary N) is 1. The molecular formula is C22H27N2O2S+. The van der Waals surface area contributed by atoms with Crippen LogP contribution >= 0.6 is 11.3 Å². The molecule has 0 aliphatic heterocycles. The van der Waals surface area contributed by atoms with Crippen molar-refractivity contribution in [1.29, 1.82) is 0 Å². The van der Waals surface area contributed by atoms with Crippen LogP contribution in [0.2, 0.25) is 0 Å². The van der Waals surface area contributed by atoms with Crippen LogP contribution in [-0.4, -0.2) is 19.2 Å². The third-order valence-corrected chi connectivity index (χ3v) is 5.61. The van der Waals surface area contributed by atoms with Crippen molar-refractivity contribution >= 4 is 11.3 Å². The van der Waals surface area contributed by atoms with Gasteiger partial charge in [0.05, 0.1) is 14.2 Å². The minimum Gasteiger partial charge on any atom is -0.493 e. The van der Waals surface area contributed by atoms with Crippen LogP contribution in [0.15, 0.2) is 53.9 Å². The Kier molecular flexibility index (Phi) is 6.48. The highest BCUT2D eigenvalue weighted by Gasteiger charge is 2.19. The van der Waals surface area contributed by atoms with Gasteiger partial charge < -0.3 is 14.8 Å². The van der Waals surface area contributed by atoms with E-state index >= 15 is 0 Å². The molecule has 1 atom stereocenters. The molecule has 0 saturated carbocycles. The molecule has 0 radical (unpaired) electrons. The van der Waals surface area contributed by atoms with Gasteiger partial charge in [-0.15, -0.1) is 11.3 Å². The lowest BCUT2D eigenvalue weighted by Crippen LogP contribution is -2.84. The predicted octanol–water partition coefficient (Wildman–Crippen LogP) is 4.29. The van der Waals surface area contributed by atoms with E-state index in [1.54, 1.807) is 25.6 Å². The van der Waals surface area contributed by atoms with Crippen LogP contribution in [0.25, 0.3) is 10.6 Å². The summed E-state index contributed by atoms with van der Waals surface area (Å²) in [6.07, 6.45) is 0. The normalized spacial score (nSPS) is 12.2. The summed E-state index contributed by atoms with van der Waals surface area (Å²) < 4.78 is 10.7. The van der Waals surface area contributed by atoms with Crippen LogP contribution < -0.4 is 14.8 Å². The topological polar surface area (TPSA) is 48.0 Å². The fourth-order valence-electron chi connectivity index (χ4n) is 3.22. The van der Waals surface area contributed by atoms with E-state index in [0.29, 0.717) is 12.0 Å². The molecule has 142 valence electrons. The Bertz CT molecular complexity index is 862. The first kappa shape index (κ1) is 19.4. The van der Waals surface area contributed by atoms with Crippen LogP contribution in [0.1, 0.15) is 31.1 Å². The van der Waals surface area contributed by atoms with Gasteiger partial charge >= 0.3 is 0 Å². The molecule has 0 amide bonds. The predicted molar refractivity (Wildman–Crippen MR) is 110 cm³/mol. The third kappa shape index (κ3) is 4.67. The molecule has 2 aromatic carbocycles. The summed E-state index contributed by atoms with van der Waals surface area (Å²) >= 11 is 1.66. The fraction of sp³-hybridized carbons (Fsp3) is 0.318.